The van der Waals surface area contributed by atoms with E-state index < -0.39 is 5.97 Å². The number of carboxylic acid groups (broad SMARTS) is 1. The number of aromatic carboxylic acids is 1. The highest BCUT2D eigenvalue weighted by Crippen LogP contribution is 2.16. The maximum absolute atomic E-state index is 10.8. The molecule has 0 unspecified atom stereocenters. The Morgan fingerprint density at radius 1 is 1.33 bits per heavy atom. The minimum Gasteiger partial charge on any atom is -0.481 e. The van der Waals surface area contributed by atoms with E-state index in [9.17, 15) is 4.79 Å². The van der Waals surface area contributed by atoms with Crippen molar-refractivity contribution in [2.45, 2.75) is 0 Å². The Hall–Kier alpha value is -2.63. The Kier molecular flexibility index (Phi) is 3.38. The number of hydrogen-bond donors (Lipinski definition) is 2. The van der Waals surface area contributed by atoms with Gasteiger partial charge in [-0.2, -0.15) is 0 Å². The lowest BCUT2D eigenvalue weighted by molar-refractivity contribution is 0.0690. The van der Waals surface area contributed by atoms with Crippen LogP contribution in [0.25, 0.3) is 0 Å². The van der Waals surface area contributed by atoms with Gasteiger partial charge in [-0.3, -0.25) is 0 Å². The SMILES string of the molecule is COc1ccc(Nc2cccc(C(=O)O)n2)cn1. The molecule has 0 radical (unpaired) electrons. The lowest BCUT2D eigenvalue weighted by Crippen LogP contribution is -2.02. The van der Waals surface area contributed by atoms with Crippen LogP contribution in [-0.2, 0) is 0 Å². The molecule has 0 aliphatic rings. The van der Waals surface area contributed by atoms with E-state index in [4.69, 9.17) is 9.84 Å². The number of nitrogens with one attached hydrogen (secondary N) is 1. The molecule has 2 aromatic rings. The summed E-state index contributed by atoms with van der Waals surface area (Å²) in [5, 5.41) is 11.8. The predicted molar refractivity (Wildman–Crippen MR) is 65.3 cm³/mol. The van der Waals surface area contributed by atoms with Crippen LogP contribution >= 0.6 is 0 Å². The normalized spacial score (nSPS) is 9.83. The Bertz CT molecular complexity index is 555. The Balaban J connectivity index is 2.17. The maximum atomic E-state index is 10.8. The topological polar surface area (TPSA) is 84.3 Å². The fraction of sp³-hybridized carbons (Fsp3) is 0.0833. The summed E-state index contributed by atoms with van der Waals surface area (Å²) in [7, 11) is 1.54. The van der Waals surface area contributed by atoms with Crippen molar-refractivity contribution < 1.29 is 14.6 Å². The minimum absolute atomic E-state index is 0.0125. The summed E-state index contributed by atoms with van der Waals surface area (Å²) in [5.41, 5.74) is 0.687. The molecule has 2 aromatic heterocycles. The molecule has 2 heterocycles. The largest absolute Gasteiger partial charge is 0.481 e. The number of carboxylic acids is 1. The monoisotopic (exact) mass is 245 g/mol. The third-order valence-corrected chi connectivity index (χ3v) is 2.19. The van der Waals surface area contributed by atoms with Crippen molar-refractivity contribution in [1.29, 1.82) is 0 Å². The van der Waals surface area contributed by atoms with Crippen LogP contribution in [-0.4, -0.2) is 28.2 Å². The zero-order chi connectivity index (χ0) is 13.0. The molecule has 6 nitrogen and oxygen atoms in total. The van der Waals surface area contributed by atoms with E-state index >= 15 is 0 Å². The lowest BCUT2D eigenvalue weighted by Gasteiger charge is -2.06. The third kappa shape index (κ3) is 2.73. The van der Waals surface area contributed by atoms with Gasteiger partial charge in [0.05, 0.1) is 19.0 Å². The molecular weight excluding hydrogens is 234 g/mol. The summed E-state index contributed by atoms with van der Waals surface area (Å²) < 4.78 is 4.94. The average molecular weight is 245 g/mol. The highest BCUT2D eigenvalue weighted by Gasteiger charge is 2.05. The van der Waals surface area contributed by atoms with Gasteiger partial charge in [-0.15, -0.1) is 0 Å². The van der Waals surface area contributed by atoms with Gasteiger partial charge in [-0.05, 0) is 18.2 Å². The fourth-order valence-corrected chi connectivity index (χ4v) is 1.35. The summed E-state index contributed by atoms with van der Waals surface area (Å²) in [6.45, 7) is 0. The fourth-order valence-electron chi connectivity index (χ4n) is 1.35. The van der Waals surface area contributed by atoms with Crippen LogP contribution in [0.4, 0.5) is 11.5 Å². The van der Waals surface area contributed by atoms with Crippen molar-refractivity contribution in [3.8, 4) is 5.88 Å². The molecule has 6 heteroatoms. The number of carbonyl (C=O) groups is 1. The molecule has 0 aliphatic carbocycles. The molecule has 0 fully saturated rings. The standard InChI is InChI=1S/C12H11N3O3/c1-18-11-6-5-8(7-13-11)14-10-4-2-3-9(15-10)12(16)17/h2-7H,1H3,(H,14,15)(H,16,17). The molecular formula is C12H11N3O3. The van der Waals surface area contributed by atoms with Crippen molar-refractivity contribution >= 4 is 17.5 Å². The van der Waals surface area contributed by atoms with Crippen molar-refractivity contribution in [2.75, 3.05) is 12.4 Å². The molecule has 2 N–H and O–H groups in total. The van der Waals surface area contributed by atoms with E-state index in [2.05, 4.69) is 15.3 Å². The molecule has 2 rings (SSSR count). The summed E-state index contributed by atoms with van der Waals surface area (Å²) in [4.78, 5) is 18.7. The Morgan fingerprint density at radius 3 is 2.78 bits per heavy atom. The molecule has 18 heavy (non-hydrogen) atoms. The van der Waals surface area contributed by atoms with Crippen molar-refractivity contribution in [1.82, 2.24) is 9.97 Å². The van der Waals surface area contributed by atoms with Crippen LogP contribution < -0.4 is 10.1 Å². The van der Waals surface area contributed by atoms with Crippen LogP contribution in [0.3, 0.4) is 0 Å². The van der Waals surface area contributed by atoms with Gasteiger partial charge in [-0.25, -0.2) is 14.8 Å². The first kappa shape index (κ1) is 11.8. The molecule has 0 bridgehead atoms. The number of methoxy groups -OCH3 is 1. The van der Waals surface area contributed by atoms with Gasteiger partial charge in [0.1, 0.15) is 5.82 Å². The minimum atomic E-state index is -1.06. The van der Waals surface area contributed by atoms with Crippen molar-refractivity contribution in [3.05, 3.63) is 42.2 Å². The van der Waals surface area contributed by atoms with E-state index in [1.165, 1.54) is 13.2 Å². The molecule has 0 atom stereocenters. The van der Waals surface area contributed by atoms with Gasteiger partial charge in [-0.1, -0.05) is 6.07 Å². The van der Waals surface area contributed by atoms with Crippen LogP contribution in [0.15, 0.2) is 36.5 Å². The second kappa shape index (κ2) is 5.13. The number of nitrogens with zero attached hydrogens (tertiary/aromatic N) is 2. The zero-order valence-electron chi connectivity index (χ0n) is 9.62. The number of anilines is 2. The lowest BCUT2D eigenvalue weighted by atomic mass is 10.3. The summed E-state index contributed by atoms with van der Waals surface area (Å²) >= 11 is 0. The first-order chi connectivity index (χ1) is 8.69. The molecule has 0 aromatic carbocycles. The molecule has 0 aliphatic heterocycles. The molecule has 0 amide bonds. The highest BCUT2D eigenvalue weighted by molar-refractivity contribution is 5.85. The second-order valence-corrected chi connectivity index (χ2v) is 3.43. The number of pyridine rings is 2. The van der Waals surface area contributed by atoms with Gasteiger partial charge in [0, 0.05) is 6.07 Å². The summed E-state index contributed by atoms with van der Waals surface area (Å²) in [6, 6.07) is 8.19. The van der Waals surface area contributed by atoms with Gasteiger partial charge in [0.15, 0.2) is 5.69 Å². The van der Waals surface area contributed by atoms with Crippen LogP contribution in [0.5, 0.6) is 5.88 Å². The summed E-state index contributed by atoms with van der Waals surface area (Å²) in [6.07, 6.45) is 1.58. The van der Waals surface area contributed by atoms with E-state index in [1.54, 1.807) is 30.5 Å². The van der Waals surface area contributed by atoms with Crippen molar-refractivity contribution in [3.63, 3.8) is 0 Å². The Morgan fingerprint density at radius 2 is 2.17 bits per heavy atom. The molecule has 0 saturated carbocycles. The smallest absolute Gasteiger partial charge is 0.354 e. The summed E-state index contributed by atoms with van der Waals surface area (Å²) in [5.74, 6) is -0.110. The zero-order valence-corrected chi connectivity index (χ0v) is 9.62. The van der Waals surface area contributed by atoms with E-state index in [0.29, 0.717) is 17.4 Å². The van der Waals surface area contributed by atoms with Crippen LogP contribution in [0, 0.1) is 0 Å². The first-order valence-corrected chi connectivity index (χ1v) is 5.16. The van der Waals surface area contributed by atoms with Gasteiger partial charge in [0.25, 0.3) is 0 Å². The first-order valence-electron chi connectivity index (χ1n) is 5.16. The number of aromatic nitrogens is 2. The van der Waals surface area contributed by atoms with E-state index in [1.807, 2.05) is 0 Å². The number of rotatable bonds is 4. The Labute approximate surface area is 103 Å². The number of ether oxygens (including phenoxy) is 1. The van der Waals surface area contributed by atoms with Gasteiger partial charge < -0.3 is 15.2 Å². The highest BCUT2D eigenvalue weighted by atomic mass is 16.5. The van der Waals surface area contributed by atoms with Gasteiger partial charge >= 0.3 is 5.97 Å². The van der Waals surface area contributed by atoms with Crippen LogP contribution in [0.1, 0.15) is 10.5 Å². The van der Waals surface area contributed by atoms with E-state index in [0.717, 1.165) is 0 Å². The van der Waals surface area contributed by atoms with Gasteiger partial charge in [0.2, 0.25) is 5.88 Å². The average Bonchev–Trinajstić information content (AvgIpc) is 2.40. The van der Waals surface area contributed by atoms with Crippen LogP contribution in [0.2, 0.25) is 0 Å². The van der Waals surface area contributed by atoms with E-state index in [-0.39, 0.29) is 5.69 Å². The molecule has 0 spiro atoms. The third-order valence-electron chi connectivity index (χ3n) is 2.19. The molecule has 0 saturated heterocycles. The second-order valence-electron chi connectivity index (χ2n) is 3.43. The number of hydrogen-bond acceptors (Lipinski definition) is 5. The quantitative estimate of drug-likeness (QED) is 0.856. The predicted octanol–water partition coefficient (Wildman–Crippen LogP) is 1.93. The van der Waals surface area contributed by atoms with Crippen molar-refractivity contribution in [2.24, 2.45) is 0 Å². The molecule has 92 valence electrons. The maximum Gasteiger partial charge on any atom is 0.354 e.